The van der Waals surface area contributed by atoms with Crippen LogP contribution in [0.15, 0.2) is 138 Å². The van der Waals surface area contributed by atoms with Gasteiger partial charge in [0, 0.05) is 28.3 Å². The van der Waals surface area contributed by atoms with Crippen LogP contribution < -0.4 is 10.4 Å². The van der Waals surface area contributed by atoms with Gasteiger partial charge in [-0.15, -0.1) is 0 Å². The molecule has 3 aliphatic rings. The van der Waals surface area contributed by atoms with Gasteiger partial charge in [0.25, 0.3) is 8.32 Å². The Kier molecular flexibility index (Phi) is 10.4. The molecule has 5 aromatic carbocycles. The van der Waals surface area contributed by atoms with E-state index in [9.17, 15) is 19.7 Å². The van der Waals surface area contributed by atoms with Crippen molar-refractivity contribution in [2.45, 2.75) is 64.4 Å². The van der Waals surface area contributed by atoms with Crippen LogP contribution in [0.4, 0.5) is 0 Å². The molecule has 0 aromatic heterocycles. The van der Waals surface area contributed by atoms with Crippen molar-refractivity contribution in [2.24, 2.45) is 17.8 Å². The first-order chi connectivity index (χ1) is 27.0. The van der Waals surface area contributed by atoms with Crippen LogP contribution in [0, 0.1) is 17.8 Å². The fourth-order valence-electron chi connectivity index (χ4n) is 9.89. The zero-order valence-electron chi connectivity index (χ0n) is 32.6. The summed E-state index contributed by atoms with van der Waals surface area (Å²) in [6, 6.07) is 39.8. The number of allylic oxidation sites excluding steroid dienone is 1. The average Bonchev–Trinajstić information content (AvgIpc) is 3.20. The van der Waals surface area contributed by atoms with Crippen molar-refractivity contribution in [3.05, 3.63) is 155 Å². The molecule has 8 heteroatoms. The largest absolute Gasteiger partial charge is 0.507 e. The van der Waals surface area contributed by atoms with Crippen LogP contribution >= 0.6 is 0 Å². The molecule has 4 atom stereocenters. The van der Waals surface area contributed by atoms with E-state index in [1.165, 1.54) is 10.4 Å². The Morgan fingerprint density at radius 3 is 2.04 bits per heavy atom. The molecule has 1 aliphatic heterocycles. The quantitative estimate of drug-likeness (QED) is 0.115. The molecule has 2 aliphatic carbocycles. The van der Waals surface area contributed by atoms with Crippen molar-refractivity contribution in [3.8, 4) is 5.75 Å². The van der Waals surface area contributed by atoms with Crippen LogP contribution in [-0.4, -0.2) is 49.8 Å². The van der Waals surface area contributed by atoms with Gasteiger partial charge in [0.05, 0.1) is 12.7 Å². The second-order valence-corrected chi connectivity index (χ2v) is 21.1. The van der Waals surface area contributed by atoms with Crippen molar-refractivity contribution in [3.63, 3.8) is 0 Å². The highest BCUT2D eigenvalue weighted by atomic mass is 28.4. The second kappa shape index (κ2) is 15.2. The summed E-state index contributed by atoms with van der Waals surface area (Å²) in [7, 11) is -4.04. The topological polar surface area (TPSA) is 93.1 Å². The number of benzene rings is 5. The van der Waals surface area contributed by atoms with Gasteiger partial charge in [-0.3, -0.25) is 9.59 Å². The van der Waals surface area contributed by atoms with Crippen LogP contribution in [-0.2, 0) is 9.08 Å². The van der Waals surface area contributed by atoms with Crippen molar-refractivity contribution >= 4 is 54.2 Å². The first-order valence-electron chi connectivity index (χ1n) is 19.8. The molecule has 0 radical (unpaired) electrons. The van der Waals surface area contributed by atoms with Crippen LogP contribution in [0.5, 0.6) is 5.75 Å². The maximum atomic E-state index is 14.4. The zero-order valence-corrected chi connectivity index (χ0v) is 33.6. The van der Waals surface area contributed by atoms with Gasteiger partial charge in [-0.05, 0) is 82.0 Å². The highest BCUT2D eigenvalue weighted by Crippen LogP contribution is 2.51. The van der Waals surface area contributed by atoms with E-state index in [1.54, 1.807) is 18.2 Å². The first kappa shape index (κ1) is 38.0. The fraction of sp³-hybridized carbons (Fsp3) is 0.292. The SMILES string of the molecule is C/C(=C\c1ccc(O)c2ccccc12)CC[C@H]1OB(O)C[C@H]2C1=C(CO[Si](c1ccccc1)(c1ccccc1)C(C)(C)C)C[C@H]1C(=O)c3ccccc3C(=O)[C@H]12. The lowest BCUT2D eigenvalue weighted by molar-refractivity contribution is 0.0591. The Hall–Kier alpha value is -4.86. The van der Waals surface area contributed by atoms with E-state index in [4.69, 9.17) is 9.08 Å². The van der Waals surface area contributed by atoms with E-state index in [0.717, 1.165) is 33.1 Å². The molecule has 1 saturated heterocycles. The Balaban J connectivity index is 1.21. The molecular weight excluding hydrogens is 711 g/mol. The molecule has 1 heterocycles. The summed E-state index contributed by atoms with van der Waals surface area (Å²) < 4.78 is 14.0. The van der Waals surface area contributed by atoms with Gasteiger partial charge in [-0.2, -0.15) is 0 Å². The van der Waals surface area contributed by atoms with Gasteiger partial charge in [0.1, 0.15) is 5.75 Å². The Bertz CT molecular complexity index is 2310. The molecule has 2 N–H and O–H groups in total. The zero-order chi connectivity index (χ0) is 39.2. The predicted octanol–water partition coefficient (Wildman–Crippen LogP) is 8.81. The number of Topliss-reactive ketones (excluding diaryl/α,β-unsaturated/α-hetero) is 2. The third-order valence-corrected chi connectivity index (χ3v) is 17.4. The molecule has 0 bridgehead atoms. The van der Waals surface area contributed by atoms with Crippen molar-refractivity contribution < 1.29 is 28.8 Å². The molecule has 5 aromatic rings. The molecule has 0 saturated carbocycles. The minimum absolute atomic E-state index is 0.00960. The Morgan fingerprint density at radius 2 is 1.39 bits per heavy atom. The van der Waals surface area contributed by atoms with Crippen molar-refractivity contribution in [1.82, 2.24) is 0 Å². The summed E-state index contributed by atoms with van der Waals surface area (Å²) >= 11 is 0. The fourth-order valence-corrected chi connectivity index (χ4v) is 14.4. The van der Waals surface area contributed by atoms with Gasteiger partial charge >= 0.3 is 7.12 Å². The van der Waals surface area contributed by atoms with Gasteiger partial charge < -0.3 is 19.2 Å². The summed E-state index contributed by atoms with van der Waals surface area (Å²) in [5.41, 5.74) is 5.12. The Morgan fingerprint density at radius 1 is 0.804 bits per heavy atom. The predicted molar refractivity (Wildman–Crippen MR) is 227 cm³/mol. The monoisotopic (exact) mass is 760 g/mol. The number of carbonyl (C=O) groups is 2. The summed E-state index contributed by atoms with van der Waals surface area (Å²) in [5.74, 6) is -1.27. The van der Waals surface area contributed by atoms with E-state index in [0.29, 0.717) is 30.4 Å². The lowest BCUT2D eigenvalue weighted by Gasteiger charge is -2.48. The number of hydrogen-bond acceptors (Lipinski definition) is 6. The number of ketones is 2. The van der Waals surface area contributed by atoms with Crippen LogP contribution in [0.1, 0.15) is 73.2 Å². The lowest BCUT2D eigenvalue weighted by Crippen LogP contribution is -2.66. The first-order valence-corrected chi connectivity index (χ1v) is 21.7. The number of carbonyl (C=O) groups excluding carboxylic acids is 2. The molecule has 8 rings (SSSR count). The number of phenolic OH excluding ortho intramolecular Hbond substituents is 1. The molecule has 284 valence electrons. The smallest absolute Gasteiger partial charge is 0.455 e. The van der Waals surface area contributed by atoms with Crippen molar-refractivity contribution in [1.29, 1.82) is 0 Å². The summed E-state index contributed by atoms with van der Waals surface area (Å²) in [6.45, 7) is 9.15. The number of hydrogen-bond donors (Lipinski definition) is 2. The molecule has 56 heavy (non-hydrogen) atoms. The van der Waals surface area contributed by atoms with Crippen LogP contribution in [0.3, 0.4) is 0 Å². The van der Waals surface area contributed by atoms with Crippen molar-refractivity contribution in [2.75, 3.05) is 6.61 Å². The van der Waals surface area contributed by atoms with Gasteiger partial charge in [0.2, 0.25) is 0 Å². The van der Waals surface area contributed by atoms with E-state index in [-0.39, 0.29) is 41.2 Å². The maximum Gasteiger partial charge on any atom is 0.455 e. The third-order valence-electron chi connectivity index (χ3n) is 12.4. The van der Waals surface area contributed by atoms with Crippen LogP contribution in [0.25, 0.3) is 16.8 Å². The lowest BCUT2D eigenvalue weighted by atomic mass is 9.54. The maximum absolute atomic E-state index is 14.4. The standard InChI is InChI=1S/C48H49BO6Si/c1-31(27-32-24-25-42(50)37-20-12-11-19-36(32)37)23-26-43-44-33(30-54-56(48(2,3)4,34-15-7-5-8-16-34)35-17-9-6-10-18-35)28-40-45(41(44)29-49(53)55-43)47(52)39-22-14-13-21-38(39)46(40)51/h5-22,24-25,27,40-41,43,45,50,53H,23,26,28-30H2,1-4H3/b31-27+/t40-,41+,43-,45-/m1/s1. The molecular formula is C48H49BO6Si. The van der Waals surface area contributed by atoms with E-state index >= 15 is 0 Å². The normalized spacial score (nSPS) is 21.5. The summed E-state index contributed by atoms with van der Waals surface area (Å²) in [4.78, 5) is 28.8. The van der Waals surface area contributed by atoms with E-state index in [2.05, 4.69) is 82.3 Å². The number of phenols is 1. The molecule has 0 unspecified atom stereocenters. The average molecular weight is 761 g/mol. The van der Waals surface area contributed by atoms with E-state index in [1.807, 2.05) is 54.6 Å². The summed E-state index contributed by atoms with van der Waals surface area (Å²) in [6.07, 6.45) is 3.58. The molecule has 6 nitrogen and oxygen atoms in total. The minimum Gasteiger partial charge on any atom is -0.507 e. The van der Waals surface area contributed by atoms with Gasteiger partial charge in [-0.25, -0.2) is 0 Å². The number of rotatable bonds is 9. The van der Waals surface area contributed by atoms with Crippen LogP contribution in [0.2, 0.25) is 11.4 Å². The molecule has 1 fully saturated rings. The molecule has 0 amide bonds. The molecule has 0 spiro atoms. The summed E-state index contributed by atoms with van der Waals surface area (Å²) in [5, 5.41) is 25.7. The number of fused-ring (bicyclic) bond motifs is 5. The van der Waals surface area contributed by atoms with Gasteiger partial charge in [-0.1, -0.05) is 148 Å². The minimum atomic E-state index is -2.97. The second-order valence-electron chi connectivity index (χ2n) is 16.8. The highest BCUT2D eigenvalue weighted by Gasteiger charge is 2.55. The van der Waals surface area contributed by atoms with Gasteiger partial charge in [0.15, 0.2) is 11.6 Å². The highest BCUT2D eigenvalue weighted by molar-refractivity contribution is 6.99. The Labute approximate surface area is 331 Å². The third kappa shape index (κ3) is 6.72. The van der Waals surface area contributed by atoms with E-state index < -0.39 is 33.4 Å². The number of aromatic hydroxyl groups is 1.